The maximum absolute atomic E-state index is 13.5. The predicted molar refractivity (Wildman–Crippen MR) is 146 cm³/mol. The highest BCUT2D eigenvalue weighted by Crippen LogP contribution is 2.35. The van der Waals surface area contributed by atoms with E-state index in [1.54, 1.807) is 47.4 Å². The molecule has 0 bridgehead atoms. The highest BCUT2D eigenvalue weighted by Gasteiger charge is 2.48. The van der Waals surface area contributed by atoms with Crippen LogP contribution in [-0.4, -0.2) is 56.7 Å². The van der Waals surface area contributed by atoms with Gasteiger partial charge in [0.2, 0.25) is 5.88 Å². The predicted octanol–water partition coefficient (Wildman–Crippen LogP) is 4.59. The van der Waals surface area contributed by atoms with Gasteiger partial charge in [0.25, 0.3) is 11.8 Å². The molecule has 0 unspecified atom stereocenters. The number of carbonyl (C=O) groups is 2. The first kappa shape index (κ1) is 25.1. The third kappa shape index (κ3) is 4.64. The molecule has 39 heavy (non-hydrogen) atoms. The lowest BCUT2D eigenvalue weighted by Crippen LogP contribution is -2.69. The van der Waals surface area contributed by atoms with Gasteiger partial charge in [0, 0.05) is 27.2 Å². The van der Waals surface area contributed by atoms with Gasteiger partial charge in [0.15, 0.2) is 22.8 Å². The van der Waals surface area contributed by atoms with Crippen molar-refractivity contribution >= 4 is 45.0 Å². The van der Waals surface area contributed by atoms with Gasteiger partial charge in [-0.2, -0.15) is 0 Å². The van der Waals surface area contributed by atoms with Gasteiger partial charge >= 0.3 is 0 Å². The second kappa shape index (κ2) is 9.83. The van der Waals surface area contributed by atoms with Crippen molar-refractivity contribution in [3.05, 3.63) is 99.4 Å². The normalized spacial score (nSPS) is 14.2. The fraction of sp³-hybridized carbons (Fsp3) is 0.148. The molecule has 5 aromatic rings. The van der Waals surface area contributed by atoms with Crippen LogP contribution in [0.1, 0.15) is 26.5 Å². The molecule has 2 aromatic carbocycles. The molecule has 10 nitrogen and oxygen atoms in total. The molecule has 1 saturated heterocycles. The lowest BCUT2D eigenvalue weighted by atomic mass is 9.81. The van der Waals surface area contributed by atoms with E-state index in [1.165, 1.54) is 17.8 Å². The summed E-state index contributed by atoms with van der Waals surface area (Å²) in [6, 6.07) is 19.7. The molecule has 1 aliphatic rings. The van der Waals surface area contributed by atoms with Gasteiger partial charge in [-0.25, -0.2) is 9.50 Å². The summed E-state index contributed by atoms with van der Waals surface area (Å²) < 4.78 is 12.9. The number of methoxy groups -OCH3 is 1. The van der Waals surface area contributed by atoms with Gasteiger partial charge in [-0.05, 0) is 48.0 Å². The van der Waals surface area contributed by atoms with E-state index >= 15 is 0 Å². The first-order valence-electron chi connectivity index (χ1n) is 11.8. The number of aromatic nitrogens is 4. The number of amides is 2. The number of fused-ring (bicyclic) bond motifs is 1. The third-order valence-electron chi connectivity index (χ3n) is 6.60. The van der Waals surface area contributed by atoms with Crippen molar-refractivity contribution in [2.75, 3.05) is 20.2 Å². The zero-order valence-electron chi connectivity index (χ0n) is 20.5. The molecule has 0 aliphatic carbocycles. The summed E-state index contributed by atoms with van der Waals surface area (Å²) in [7, 11) is 1.50. The van der Waals surface area contributed by atoms with E-state index in [4.69, 9.17) is 20.9 Å². The molecule has 6 rings (SSSR count). The third-order valence-corrected chi connectivity index (χ3v) is 7.38. The van der Waals surface area contributed by atoms with Crippen LogP contribution in [0.5, 0.6) is 5.88 Å². The lowest BCUT2D eigenvalue weighted by molar-refractivity contribution is 0.0252. The number of hydrogen-bond acceptors (Lipinski definition) is 7. The van der Waals surface area contributed by atoms with Crippen molar-refractivity contribution in [1.29, 1.82) is 0 Å². The summed E-state index contributed by atoms with van der Waals surface area (Å²) in [5, 5.41) is 12.0. The average molecular weight is 608 g/mol. The summed E-state index contributed by atoms with van der Waals surface area (Å²) in [5.74, 6) is 0.119. The Morgan fingerprint density at radius 3 is 2.54 bits per heavy atom. The van der Waals surface area contributed by atoms with E-state index in [1.807, 2.05) is 24.3 Å². The number of halogens is 2. The smallest absolute Gasteiger partial charge is 0.276 e. The molecule has 0 atom stereocenters. The Balaban J connectivity index is 1.25. The second-order valence-corrected chi connectivity index (χ2v) is 10.4. The van der Waals surface area contributed by atoms with Crippen molar-refractivity contribution < 1.29 is 18.8 Å². The number of likely N-dealkylation sites (tertiary alicyclic amines) is 1. The highest BCUT2D eigenvalue weighted by atomic mass is 79.9. The highest BCUT2D eigenvalue weighted by molar-refractivity contribution is 9.10. The van der Waals surface area contributed by atoms with E-state index in [2.05, 4.69) is 36.5 Å². The number of rotatable bonds is 6. The van der Waals surface area contributed by atoms with Crippen molar-refractivity contribution in [2.24, 2.45) is 0 Å². The van der Waals surface area contributed by atoms with E-state index in [-0.39, 0.29) is 36.3 Å². The first-order valence-corrected chi connectivity index (χ1v) is 13.0. The largest absolute Gasteiger partial charge is 0.480 e. The first-order chi connectivity index (χ1) is 18.8. The van der Waals surface area contributed by atoms with Crippen molar-refractivity contribution in [2.45, 2.75) is 5.54 Å². The summed E-state index contributed by atoms with van der Waals surface area (Å²) in [5.41, 5.74) is 1.70. The summed E-state index contributed by atoms with van der Waals surface area (Å²) >= 11 is 9.42. The van der Waals surface area contributed by atoms with Crippen LogP contribution in [0.3, 0.4) is 0 Å². The zero-order valence-corrected chi connectivity index (χ0v) is 22.8. The number of benzene rings is 2. The van der Waals surface area contributed by atoms with Crippen LogP contribution in [0.4, 0.5) is 0 Å². The summed E-state index contributed by atoms with van der Waals surface area (Å²) in [6.45, 7) is 0.464. The molecule has 2 amide bonds. The minimum atomic E-state index is -0.834. The van der Waals surface area contributed by atoms with Crippen LogP contribution < -0.4 is 10.1 Å². The molecule has 1 fully saturated rings. The van der Waals surface area contributed by atoms with Crippen LogP contribution in [0.2, 0.25) is 5.02 Å². The zero-order chi connectivity index (χ0) is 27.1. The molecule has 0 radical (unpaired) electrons. The van der Waals surface area contributed by atoms with Crippen LogP contribution in [0, 0.1) is 0 Å². The van der Waals surface area contributed by atoms with Crippen molar-refractivity contribution in [3.63, 3.8) is 0 Å². The molecule has 1 aliphatic heterocycles. The number of ether oxygens (including phenoxy) is 1. The Morgan fingerprint density at radius 2 is 1.82 bits per heavy atom. The van der Waals surface area contributed by atoms with Gasteiger partial charge in [-0.3, -0.25) is 9.59 Å². The molecule has 3 aromatic heterocycles. The summed E-state index contributed by atoms with van der Waals surface area (Å²) in [6.07, 6.45) is 1.46. The van der Waals surface area contributed by atoms with Crippen LogP contribution >= 0.6 is 27.5 Å². The van der Waals surface area contributed by atoms with E-state index in [0.717, 1.165) is 15.6 Å². The quantitative estimate of drug-likeness (QED) is 0.300. The van der Waals surface area contributed by atoms with Gasteiger partial charge in [-0.1, -0.05) is 44.8 Å². The average Bonchev–Trinajstić information content (AvgIpc) is 3.58. The molecular formula is C27H20BrClN6O4. The second-order valence-electron chi connectivity index (χ2n) is 9.08. The van der Waals surface area contributed by atoms with Gasteiger partial charge < -0.3 is 19.5 Å². The molecule has 0 saturated carbocycles. The monoisotopic (exact) mass is 606 g/mol. The van der Waals surface area contributed by atoms with Crippen molar-refractivity contribution in [3.8, 4) is 17.2 Å². The standard InChI is InChI=1S/C27H20BrClN6O4/c1-38-24-11-10-23-30-13-21(35(23)32-24)25(36)31-27(17-4-6-18(28)7-5-17)14-34(15-27)26(37)20-12-22(39-33-20)16-2-8-19(29)9-3-16/h2-13H,14-15H2,1H3,(H,31,36). The maximum Gasteiger partial charge on any atom is 0.276 e. The molecular weight excluding hydrogens is 588 g/mol. The Kier molecular flexibility index (Phi) is 6.32. The Bertz CT molecular complexity index is 1690. The maximum atomic E-state index is 13.5. The SMILES string of the molecule is COc1ccc2ncc(C(=O)NC3(c4ccc(Br)cc4)CN(C(=O)c4cc(-c5ccc(Cl)cc5)on4)C3)n2n1. The topological polar surface area (TPSA) is 115 Å². The van der Waals surface area contributed by atoms with E-state index in [9.17, 15) is 9.59 Å². The number of carbonyl (C=O) groups excluding carboxylic acids is 2. The molecule has 1 N–H and O–H groups in total. The Morgan fingerprint density at radius 1 is 1.08 bits per heavy atom. The van der Waals surface area contributed by atoms with Gasteiger partial charge in [0.05, 0.1) is 26.4 Å². The Labute approximate surface area is 235 Å². The van der Waals surface area contributed by atoms with E-state index in [0.29, 0.717) is 22.3 Å². The number of nitrogens with one attached hydrogen (secondary N) is 1. The van der Waals surface area contributed by atoms with Crippen molar-refractivity contribution in [1.82, 2.24) is 30.0 Å². The van der Waals surface area contributed by atoms with Crippen LogP contribution in [-0.2, 0) is 5.54 Å². The Hall–Kier alpha value is -4.22. The minimum absolute atomic E-state index is 0.175. The molecule has 12 heteroatoms. The molecule has 0 spiro atoms. The lowest BCUT2D eigenvalue weighted by Gasteiger charge is -2.50. The molecule has 196 valence electrons. The van der Waals surface area contributed by atoms with Crippen LogP contribution in [0.15, 0.2) is 81.9 Å². The van der Waals surface area contributed by atoms with Gasteiger partial charge in [-0.15, -0.1) is 5.10 Å². The summed E-state index contributed by atoms with van der Waals surface area (Å²) in [4.78, 5) is 32.7. The number of imidazole rings is 1. The fourth-order valence-corrected chi connectivity index (χ4v) is 4.93. The van der Waals surface area contributed by atoms with Crippen LogP contribution in [0.25, 0.3) is 17.0 Å². The van der Waals surface area contributed by atoms with E-state index < -0.39 is 5.54 Å². The molecule has 4 heterocycles. The minimum Gasteiger partial charge on any atom is -0.480 e. The number of hydrogen-bond donors (Lipinski definition) is 1. The fourth-order valence-electron chi connectivity index (χ4n) is 4.54. The number of nitrogens with zero attached hydrogens (tertiary/aromatic N) is 5. The van der Waals surface area contributed by atoms with Gasteiger partial charge in [0.1, 0.15) is 5.54 Å².